The highest BCUT2D eigenvalue weighted by atomic mass is 35.5. The zero-order valence-corrected chi connectivity index (χ0v) is 19.4. The Morgan fingerprint density at radius 3 is 2.27 bits per heavy atom. The predicted octanol–water partition coefficient (Wildman–Crippen LogP) is 6.06. The van der Waals surface area contributed by atoms with Gasteiger partial charge in [0.2, 0.25) is 0 Å². The number of benzene rings is 2. The Kier molecular flexibility index (Phi) is 6.31. The van der Waals surface area contributed by atoms with Gasteiger partial charge in [0.15, 0.2) is 4.32 Å². The summed E-state index contributed by atoms with van der Waals surface area (Å²) in [4.78, 5) is 37.2. The quantitative estimate of drug-likeness (QED) is 0.309. The van der Waals surface area contributed by atoms with Gasteiger partial charge < -0.3 is 14.6 Å². The van der Waals surface area contributed by atoms with Crippen LogP contribution in [0.25, 0.3) is 17.4 Å². The highest BCUT2D eigenvalue weighted by Gasteiger charge is 2.34. The van der Waals surface area contributed by atoms with Gasteiger partial charge in [-0.05, 0) is 48.5 Å². The molecule has 2 heterocycles. The largest absolute Gasteiger partial charge is 0.478 e. The number of anilines is 1. The van der Waals surface area contributed by atoms with E-state index in [1.807, 2.05) is 0 Å². The minimum absolute atomic E-state index is 0.191. The molecule has 0 radical (unpaired) electrons. The number of halogens is 2. The highest BCUT2D eigenvalue weighted by molar-refractivity contribution is 8.27. The topological polar surface area (TPSA) is 108 Å². The van der Waals surface area contributed by atoms with Crippen molar-refractivity contribution in [2.75, 3.05) is 4.90 Å². The average Bonchev–Trinajstić information content (AvgIpc) is 3.33. The van der Waals surface area contributed by atoms with Crippen molar-refractivity contribution in [3.8, 4) is 11.3 Å². The van der Waals surface area contributed by atoms with Crippen LogP contribution in [0.2, 0.25) is 10.0 Å². The molecule has 0 unspecified atom stereocenters. The number of amides is 1. The first-order valence-corrected chi connectivity index (χ1v) is 11.1. The lowest BCUT2D eigenvalue weighted by Crippen LogP contribution is -2.27. The third-order valence-corrected chi connectivity index (χ3v) is 6.40. The fourth-order valence-corrected chi connectivity index (χ4v) is 4.83. The summed E-state index contributed by atoms with van der Waals surface area (Å²) in [7, 11) is 0. The summed E-state index contributed by atoms with van der Waals surface area (Å²) in [6, 6.07) is 11.5. The van der Waals surface area contributed by atoms with Gasteiger partial charge in [0.1, 0.15) is 11.5 Å². The van der Waals surface area contributed by atoms with Gasteiger partial charge in [-0.3, -0.25) is 9.69 Å². The van der Waals surface area contributed by atoms with Gasteiger partial charge in [-0.25, -0.2) is 9.59 Å². The number of hydrogen-bond acceptors (Lipinski definition) is 6. The second kappa shape index (κ2) is 9.03. The van der Waals surface area contributed by atoms with E-state index in [0.29, 0.717) is 16.5 Å². The number of thioether (sulfide) groups is 1. The van der Waals surface area contributed by atoms with Crippen LogP contribution in [0.15, 0.2) is 57.9 Å². The number of rotatable bonds is 5. The first kappa shape index (κ1) is 23.1. The monoisotopic (exact) mass is 519 g/mol. The van der Waals surface area contributed by atoms with Crippen LogP contribution in [-0.4, -0.2) is 32.4 Å². The molecular formula is C22H11Cl2NO6S2. The zero-order valence-electron chi connectivity index (χ0n) is 16.2. The molecule has 0 aliphatic carbocycles. The Morgan fingerprint density at radius 2 is 1.67 bits per heavy atom. The molecule has 33 heavy (non-hydrogen) atoms. The summed E-state index contributed by atoms with van der Waals surface area (Å²) >= 11 is 18.5. The molecule has 4 rings (SSSR count). The van der Waals surface area contributed by atoms with E-state index in [1.54, 1.807) is 24.3 Å². The Hall–Kier alpha value is -3.11. The lowest BCUT2D eigenvalue weighted by molar-refractivity contribution is -0.113. The summed E-state index contributed by atoms with van der Waals surface area (Å²) in [6.45, 7) is 0. The van der Waals surface area contributed by atoms with Crippen molar-refractivity contribution in [2.45, 2.75) is 0 Å². The van der Waals surface area contributed by atoms with Gasteiger partial charge in [-0.1, -0.05) is 47.2 Å². The number of aromatic carboxylic acids is 2. The van der Waals surface area contributed by atoms with Crippen molar-refractivity contribution in [3.63, 3.8) is 0 Å². The van der Waals surface area contributed by atoms with Gasteiger partial charge in [-0.2, -0.15) is 0 Å². The number of carboxylic acid groups (broad SMARTS) is 2. The minimum atomic E-state index is -1.27. The number of carbonyl (C=O) groups is 3. The van der Waals surface area contributed by atoms with Crippen molar-refractivity contribution in [1.29, 1.82) is 0 Å². The van der Waals surface area contributed by atoms with Crippen molar-refractivity contribution in [3.05, 3.63) is 80.4 Å². The molecule has 1 aliphatic rings. The second-order valence-corrected chi connectivity index (χ2v) is 9.24. The summed E-state index contributed by atoms with van der Waals surface area (Å²) in [5.74, 6) is -2.40. The van der Waals surface area contributed by atoms with Gasteiger partial charge in [0.05, 0.1) is 26.7 Å². The third kappa shape index (κ3) is 4.67. The van der Waals surface area contributed by atoms with Crippen LogP contribution in [0.1, 0.15) is 26.5 Å². The van der Waals surface area contributed by atoms with E-state index in [2.05, 4.69) is 0 Å². The standard InChI is InChI=1S/C22H11Cl2NO6S2/c23-13-1-3-16(15(24)8-13)25-19(26)18(33-22(25)32)9-14-2-4-17(31-14)10-5-11(20(27)28)7-12(6-10)21(29)30/h1-9H,(H,27,28)(H,29,30)/b18-9-. The van der Waals surface area contributed by atoms with Crippen molar-refractivity contribution in [2.24, 2.45) is 0 Å². The van der Waals surface area contributed by atoms with Crippen molar-refractivity contribution < 1.29 is 29.0 Å². The Morgan fingerprint density at radius 1 is 1.00 bits per heavy atom. The van der Waals surface area contributed by atoms with Gasteiger partial charge >= 0.3 is 11.9 Å². The van der Waals surface area contributed by atoms with Crippen LogP contribution in [0.4, 0.5) is 5.69 Å². The van der Waals surface area contributed by atoms with E-state index < -0.39 is 17.8 Å². The maximum absolute atomic E-state index is 13.0. The predicted molar refractivity (Wildman–Crippen MR) is 130 cm³/mol. The lowest BCUT2D eigenvalue weighted by Gasteiger charge is -2.16. The molecule has 0 saturated carbocycles. The van der Waals surface area contributed by atoms with E-state index in [1.165, 1.54) is 29.2 Å². The molecule has 1 saturated heterocycles. The molecule has 166 valence electrons. The van der Waals surface area contributed by atoms with Crippen LogP contribution in [-0.2, 0) is 4.79 Å². The SMILES string of the molecule is O=C(O)c1cc(C(=O)O)cc(-c2ccc(/C=C3\SC(=S)N(c4ccc(Cl)cc4Cl)C3=O)o2)c1. The third-order valence-electron chi connectivity index (χ3n) is 4.56. The second-order valence-electron chi connectivity index (χ2n) is 6.72. The molecule has 0 bridgehead atoms. The summed E-state index contributed by atoms with van der Waals surface area (Å²) in [5, 5.41) is 19.2. The molecule has 1 aliphatic heterocycles. The van der Waals surface area contributed by atoms with Crippen LogP contribution in [0, 0.1) is 0 Å². The Labute approximate surface area is 206 Å². The van der Waals surface area contributed by atoms with Gasteiger partial charge in [0, 0.05) is 16.7 Å². The molecule has 2 N–H and O–H groups in total. The molecule has 11 heteroatoms. The highest BCUT2D eigenvalue weighted by Crippen LogP contribution is 2.40. The number of hydrogen-bond donors (Lipinski definition) is 2. The maximum Gasteiger partial charge on any atom is 0.335 e. The molecule has 3 aromatic rings. The number of carboxylic acids is 2. The normalized spacial score (nSPS) is 14.8. The van der Waals surface area contributed by atoms with Crippen molar-refractivity contribution >= 4 is 81.1 Å². The maximum atomic E-state index is 13.0. The summed E-state index contributed by atoms with van der Waals surface area (Å²) < 4.78 is 6.01. The fourth-order valence-electron chi connectivity index (χ4n) is 3.07. The molecule has 2 aromatic carbocycles. The zero-order chi connectivity index (χ0) is 23.9. The number of furan rings is 1. The van der Waals surface area contributed by atoms with E-state index in [-0.39, 0.29) is 36.7 Å². The van der Waals surface area contributed by atoms with E-state index in [9.17, 15) is 24.6 Å². The first-order chi connectivity index (χ1) is 15.6. The van der Waals surface area contributed by atoms with E-state index >= 15 is 0 Å². The Bertz CT molecular complexity index is 1350. The number of carbonyl (C=O) groups excluding carboxylic acids is 1. The van der Waals surface area contributed by atoms with Crippen molar-refractivity contribution in [1.82, 2.24) is 0 Å². The average molecular weight is 520 g/mol. The van der Waals surface area contributed by atoms with Gasteiger partial charge in [-0.15, -0.1) is 0 Å². The van der Waals surface area contributed by atoms with Crippen LogP contribution in [0.5, 0.6) is 0 Å². The molecule has 7 nitrogen and oxygen atoms in total. The van der Waals surface area contributed by atoms with Crippen LogP contribution < -0.4 is 4.90 Å². The Balaban J connectivity index is 1.66. The van der Waals surface area contributed by atoms with E-state index in [0.717, 1.165) is 17.8 Å². The molecular weight excluding hydrogens is 509 g/mol. The lowest BCUT2D eigenvalue weighted by atomic mass is 10.0. The van der Waals surface area contributed by atoms with Crippen LogP contribution in [0.3, 0.4) is 0 Å². The number of nitrogens with zero attached hydrogens (tertiary/aromatic N) is 1. The molecule has 0 atom stereocenters. The van der Waals surface area contributed by atoms with Crippen LogP contribution >= 0.6 is 47.2 Å². The van der Waals surface area contributed by atoms with Gasteiger partial charge in [0.25, 0.3) is 5.91 Å². The first-order valence-electron chi connectivity index (χ1n) is 9.09. The molecule has 1 fully saturated rings. The summed E-state index contributed by atoms with van der Waals surface area (Å²) in [5.41, 5.74) is 0.290. The number of thiocarbonyl (C=S) groups is 1. The summed E-state index contributed by atoms with van der Waals surface area (Å²) in [6.07, 6.45) is 1.49. The molecule has 1 aromatic heterocycles. The molecule has 0 spiro atoms. The minimum Gasteiger partial charge on any atom is -0.478 e. The molecule has 1 amide bonds. The fraction of sp³-hybridized carbons (Fsp3) is 0. The van der Waals surface area contributed by atoms with E-state index in [4.69, 9.17) is 39.8 Å². The smallest absolute Gasteiger partial charge is 0.335 e.